The van der Waals surface area contributed by atoms with Gasteiger partial charge in [-0.2, -0.15) is 0 Å². The fraction of sp³-hybridized carbons (Fsp3) is 0.588. The van der Waals surface area contributed by atoms with E-state index in [4.69, 9.17) is 4.52 Å². The van der Waals surface area contributed by atoms with Crippen LogP contribution in [0.2, 0.25) is 0 Å². The highest BCUT2D eigenvalue weighted by Gasteiger charge is 2.13. The molecule has 0 aromatic carbocycles. The molecule has 0 fully saturated rings. The summed E-state index contributed by atoms with van der Waals surface area (Å²) in [5.41, 5.74) is 2.17. The summed E-state index contributed by atoms with van der Waals surface area (Å²) in [6.45, 7) is 7.80. The van der Waals surface area contributed by atoms with Gasteiger partial charge in [0.15, 0.2) is 5.96 Å². The van der Waals surface area contributed by atoms with Gasteiger partial charge in [0.05, 0.1) is 10.7 Å². The number of nitrogens with one attached hydrogen (secondary N) is 2. The van der Waals surface area contributed by atoms with Gasteiger partial charge in [0.2, 0.25) is 0 Å². The van der Waals surface area contributed by atoms with Crippen LogP contribution < -0.4 is 10.6 Å². The van der Waals surface area contributed by atoms with E-state index in [1.165, 1.54) is 4.88 Å². The molecule has 6 nitrogen and oxygen atoms in total. The van der Waals surface area contributed by atoms with Crippen LogP contribution in [0.4, 0.5) is 0 Å². The normalized spacial score (nSPS) is 11.8. The molecule has 0 radical (unpaired) electrons. The van der Waals surface area contributed by atoms with Crippen molar-refractivity contribution < 1.29 is 4.52 Å². The first-order valence-electron chi connectivity index (χ1n) is 8.56. The second-order valence-corrected chi connectivity index (χ2v) is 6.61. The maximum atomic E-state index is 5.40. The molecule has 0 saturated heterocycles. The topological polar surface area (TPSA) is 75.3 Å². The lowest BCUT2D eigenvalue weighted by molar-refractivity contribution is 0.380. The molecule has 2 aromatic rings. The standard InChI is InChI=1S/C17H27N5OS/c1-5-12-10-20-16(24-12)8-9-19-17(18-4)21-11-13-14(6-2)22-23-15(13)7-3/h10H,5-9,11H2,1-4H3,(H2,18,19,21). The second kappa shape index (κ2) is 9.42. The number of hydrogen-bond acceptors (Lipinski definition) is 5. The lowest BCUT2D eigenvalue weighted by Gasteiger charge is -2.11. The maximum absolute atomic E-state index is 5.40. The summed E-state index contributed by atoms with van der Waals surface area (Å²) < 4.78 is 5.40. The molecule has 0 saturated carbocycles. The Morgan fingerprint density at radius 2 is 2.04 bits per heavy atom. The first-order valence-corrected chi connectivity index (χ1v) is 9.37. The summed E-state index contributed by atoms with van der Waals surface area (Å²) in [7, 11) is 1.78. The van der Waals surface area contributed by atoms with Crippen molar-refractivity contribution in [2.24, 2.45) is 4.99 Å². The number of aliphatic imine (C=N–C) groups is 1. The van der Waals surface area contributed by atoms with Crippen molar-refractivity contribution in [2.45, 2.75) is 53.0 Å². The number of nitrogens with zero attached hydrogens (tertiary/aromatic N) is 3. The maximum Gasteiger partial charge on any atom is 0.191 e. The van der Waals surface area contributed by atoms with E-state index < -0.39 is 0 Å². The summed E-state index contributed by atoms with van der Waals surface area (Å²) in [5, 5.41) is 12.0. The highest BCUT2D eigenvalue weighted by atomic mass is 32.1. The lowest BCUT2D eigenvalue weighted by Crippen LogP contribution is -2.38. The molecule has 132 valence electrons. The molecule has 0 aliphatic carbocycles. The van der Waals surface area contributed by atoms with Gasteiger partial charge in [-0.3, -0.25) is 4.99 Å². The summed E-state index contributed by atoms with van der Waals surface area (Å²) in [6, 6.07) is 0. The van der Waals surface area contributed by atoms with Gasteiger partial charge in [0.1, 0.15) is 5.76 Å². The second-order valence-electron chi connectivity index (χ2n) is 5.41. The molecule has 0 atom stereocenters. The largest absolute Gasteiger partial charge is 0.361 e. The van der Waals surface area contributed by atoms with Crippen molar-refractivity contribution in [2.75, 3.05) is 13.6 Å². The van der Waals surface area contributed by atoms with Crippen LogP contribution in [-0.4, -0.2) is 29.7 Å². The van der Waals surface area contributed by atoms with Crippen LogP contribution >= 0.6 is 11.3 Å². The van der Waals surface area contributed by atoms with Crippen LogP contribution in [0.3, 0.4) is 0 Å². The van der Waals surface area contributed by atoms with Gasteiger partial charge in [-0.15, -0.1) is 11.3 Å². The van der Waals surface area contributed by atoms with E-state index in [1.807, 2.05) is 6.20 Å². The van der Waals surface area contributed by atoms with Gasteiger partial charge in [-0.1, -0.05) is 25.9 Å². The van der Waals surface area contributed by atoms with Crippen molar-refractivity contribution >= 4 is 17.3 Å². The van der Waals surface area contributed by atoms with Gasteiger partial charge in [-0.25, -0.2) is 4.98 Å². The smallest absolute Gasteiger partial charge is 0.191 e. The van der Waals surface area contributed by atoms with Crippen LogP contribution in [-0.2, 0) is 32.2 Å². The van der Waals surface area contributed by atoms with E-state index in [-0.39, 0.29) is 0 Å². The highest BCUT2D eigenvalue weighted by Crippen LogP contribution is 2.15. The zero-order valence-electron chi connectivity index (χ0n) is 15.0. The van der Waals surface area contributed by atoms with E-state index in [0.717, 1.165) is 60.2 Å². The van der Waals surface area contributed by atoms with Crippen LogP contribution in [0.25, 0.3) is 0 Å². The highest BCUT2D eigenvalue weighted by molar-refractivity contribution is 7.11. The average Bonchev–Trinajstić information content (AvgIpc) is 3.23. The molecule has 2 aromatic heterocycles. The van der Waals surface area contributed by atoms with Gasteiger partial charge >= 0.3 is 0 Å². The minimum atomic E-state index is 0.673. The number of thiazole rings is 1. The summed E-state index contributed by atoms with van der Waals surface area (Å²) in [4.78, 5) is 10.0. The minimum absolute atomic E-state index is 0.673. The molecule has 2 rings (SSSR count). The van der Waals surface area contributed by atoms with Crippen molar-refractivity contribution in [1.29, 1.82) is 0 Å². The fourth-order valence-electron chi connectivity index (χ4n) is 2.45. The lowest BCUT2D eigenvalue weighted by atomic mass is 10.1. The molecule has 24 heavy (non-hydrogen) atoms. The zero-order valence-corrected chi connectivity index (χ0v) is 15.8. The van der Waals surface area contributed by atoms with Crippen LogP contribution in [0.5, 0.6) is 0 Å². The molecular formula is C17H27N5OS. The SMILES string of the molecule is CCc1cnc(CCNC(=NC)NCc2c(CC)noc2CC)s1. The third kappa shape index (κ3) is 4.80. The number of hydrogen-bond donors (Lipinski definition) is 2. The fourth-order valence-corrected chi connectivity index (χ4v) is 3.31. The van der Waals surface area contributed by atoms with E-state index >= 15 is 0 Å². The van der Waals surface area contributed by atoms with Crippen LogP contribution in [0.1, 0.15) is 47.7 Å². The Morgan fingerprint density at radius 1 is 1.21 bits per heavy atom. The van der Waals surface area contributed by atoms with Crippen molar-refractivity contribution in [3.05, 3.63) is 33.1 Å². The predicted octanol–water partition coefficient (Wildman–Crippen LogP) is 2.73. The minimum Gasteiger partial charge on any atom is -0.361 e. The number of aryl methyl sites for hydroxylation is 3. The van der Waals surface area contributed by atoms with Crippen molar-refractivity contribution in [3.8, 4) is 0 Å². The first-order chi connectivity index (χ1) is 11.7. The number of guanidine groups is 1. The zero-order chi connectivity index (χ0) is 17.4. The van der Waals surface area contributed by atoms with Gasteiger partial charge in [-0.05, 0) is 12.8 Å². The summed E-state index contributed by atoms with van der Waals surface area (Å²) >= 11 is 1.78. The summed E-state index contributed by atoms with van der Waals surface area (Å²) in [5.74, 6) is 1.73. The van der Waals surface area contributed by atoms with Crippen molar-refractivity contribution in [3.63, 3.8) is 0 Å². The van der Waals surface area contributed by atoms with Crippen molar-refractivity contribution in [1.82, 2.24) is 20.8 Å². The third-order valence-electron chi connectivity index (χ3n) is 3.84. The van der Waals surface area contributed by atoms with E-state index in [9.17, 15) is 0 Å². The van der Waals surface area contributed by atoms with Crippen LogP contribution in [0.15, 0.2) is 15.7 Å². The Hall–Kier alpha value is -1.89. The van der Waals surface area contributed by atoms with Gasteiger partial charge in [0, 0.05) is 49.6 Å². The Morgan fingerprint density at radius 3 is 2.67 bits per heavy atom. The monoisotopic (exact) mass is 349 g/mol. The number of aromatic nitrogens is 2. The molecule has 7 heteroatoms. The first kappa shape index (κ1) is 18.4. The Kier molecular flexibility index (Phi) is 7.24. The van der Waals surface area contributed by atoms with Gasteiger partial charge < -0.3 is 15.2 Å². The Labute approximate surface area is 147 Å². The van der Waals surface area contributed by atoms with E-state index in [0.29, 0.717) is 6.54 Å². The molecule has 0 bridgehead atoms. The predicted molar refractivity (Wildman–Crippen MR) is 98.7 cm³/mol. The van der Waals surface area contributed by atoms with E-state index in [1.54, 1.807) is 18.4 Å². The number of rotatable bonds is 8. The van der Waals surface area contributed by atoms with E-state index in [2.05, 4.69) is 46.5 Å². The Balaban J connectivity index is 1.83. The molecule has 0 spiro atoms. The summed E-state index contributed by atoms with van der Waals surface area (Å²) in [6.07, 6.45) is 5.64. The Bertz CT molecular complexity index is 640. The molecule has 0 amide bonds. The third-order valence-corrected chi connectivity index (χ3v) is 5.05. The molecular weight excluding hydrogens is 322 g/mol. The quantitative estimate of drug-likeness (QED) is 0.566. The molecule has 2 N–H and O–H groups in total. The van der Waals surface area contributed by atoms with Gasteiger partial charge in [0.25, 0.3) is 0 Å². The molecule has 0 aliphatic rings. The van der Waals surface area contributed by atoms with Crippen LogP contribution in [0, 0.1) is 0 Å². The molecule has 0 unspecified atom stereocenters. The molecule has 2 heterocycles. The average molecular weight is 350 g/mol. The molecule has 0 aliphatic heterocycles.